The third-order valence-corrected chi connectivity index (χ3v) is 0.914. The van der Waals surface area contributed by atoms with Crippen LogP contribution < -0.4 is 56.5 Å². The monoisotopic (exact) mass is 147 g/mol. The Morgan fingerprint density at radius 3 is 2.56 bits per heavy atom. The maximum Gasteiger partial charge on any atom is 1.00 e. The summed E-state index contributed by atoms with van der Waals surface area (Å²) >= 11 is 0. The van der Waals surface area contributed by atoms with Crippen LogP contribution in [-0.2, 0) is 0 Å². The van der Waals surface area contributed by atoms with Crippen LogP contribution in [0.4, 0.5) is 0 Å². The van der Waals surface area contributed by atoms with Crippen molar-refractivity contribution in [2.75, 3.05) is 0 Å². The molecule has 9 heavy (non-hydrogen) atoms. The first-order chi connectivity index (χ1) is 3.80. The van der Waals surface area contributed by atoms with Crippen LogP contribution in [0.5, 0.6) is 0 Å². The predicted molar refractivity (Wildman–Crippen MR) is 30.3 cm³/mol. The van der Waals surface area contributed by atoms with E-state index in [-0.39, 0.29) is 57.1 Å². The SMILES string of the molecule is CC([O-])=C1C=CC=N1.[K+]. The Balaban J connectivity index is 0.000000640. The van der Waals surface area contributed by atoms with Crippen LogP contribution >= 0.6 is 0 Å². The first-order valence-corrected chi connectivity index (χ1v) is 2.39. The molecular weight excluding hydrogens is 141 g/mol. The van der Waals surface area contributed by atoms with Crippen LogP contribution in [0.1, 0.15) is 6.92 Å². The molecule has 0 fully saturated rings. The molecular formula is C6H6KNO. The molecule has 1 heterocycles. The average molecular weight is 147 g/mol. The van der Waals surface area contributed by atoms with Crippen molar-refractivity contribution in [3.63, 3.8) is 0 Å². The van der Waals surface area contributed by atoms with Crippen molar-refractivity contribution < 1.29 is 56.5 Å². The summed E-state index contributed by atoms with van der Waals surface area (Å²) in [6, 6.07) is 0. The van der Waals surface area contributed by atoms with Crippen LogP contribution in [0.3, 0.4) is 0 Å². The van der Waals surface area contributed by atoms with Gasteiger partial charge in [0.1, 0.15) is 0 Å². The molecule has 1 rings (SSSR count). The van der Waals surface area contributed by atoms with E-state index in [1.54, 1.807) is 18.4 Å². The minimum absolute atomic E-state index is 0. The molecule has 0 aliphatic carbocycles. The summed E-state index contributed by atoms with van der Waals surface area (Å²) in [5.41, 5.74) is 0.546. The molecule has 0 atom stereocenters. The van der Waals surface area contributed by atoms with Crippen LogP contribution in [0.15, 0.2) is 28.6 Å². The van der Waals surface area contributed by atoms with Crippen LogP contribution in [0.25, 0.3) is 0 Å². The molecule has 1 aliphatic rings. The summed E-state index contributed by atoms with van der Waals surface area (Å²) in [6.07, 6.45) is 5.05. The predicted octanol–water partition coefficient (Wildman–Crippen LogP) is -2.78. The van der Waals surface area contributed by atoms with Crippen molar-refractivity contribution in [1.82, 2.24) is 0 Å². The molecule has 0 N–H and O–H groups in total. The largest absolute Gasteiger partial charge is 1.00 e. The van der Waals surface area contributed by atoms with Gasteiger partial charge in [0.2, 0.25) is 0 Å². The average Bonchev–Trinajstić information content (AvgIpc) is 2.12. The van der Waals surface area contributed by atoms with Crippen molar-refractivity contribution in [3.8, 4) is 0 Å². The molecule has 1 aliphatic heterocycles. The van der Waals surface area contributed by atoms with Gasteiger partial charge in [0.15, 0.2) is 0 Å². The fraction of sp³-hybridized carbons (Fsp3) is 0.167. The Labute approximate surface area is 96.8 Å². The summed E-state index contributed by atoms with van der Waals surface area (Å²) < 4.78 is 0. The van der Waals surface area contributed by atoms with Gasteiger partial charge in [-0.25, -0.2) is 0 Å². The smallest absolute Gasteiger partial charge is 0.874 e. The maximum atomic E-state index is 10.4. The van der Waals surface area contributed by atoms with E-state index in [1.807, 2.05) is 0 Å². The Bertz CT molecular complexity index is 163. The van der Waals surface area contributed by atoms with E-state index in [1.165, 1.54) is 6.92 Å². The van der Waals surface area contributed by atoms with Crippen LogP contribution in [0.2, 0.25) is 0 Å². The Hall–Kier alpha value is 0.586. The van der Waals surface area contributed by atoms with Gasteiger partial charge in [-0.3, -0.25) is 4.99 Å². The quantitative estimate of drug-likeness (QED) is 0.270. The Morgan fingerprint density at radius 2 is 2.33 bits per heavy atom. The molecule has 0 unspecified atom stereocenters. The van der Waals surface area contributed by atoms with Gasteiger partial charge in [-0.15, -0.1) is 5.76 Å². The first kappa shape index (κ1) is 9.59. The van der Waals surface area contributed by atoms with Gasteiger partial charge in [0, 0.05) is 6.21 Å². The van der Waals surface area contributed by atoms with Crippen LogP contribution in [0, 0.1) is 0 Å². The molecule has 0 spiro atoms. The number of rotatable bonds is 0. The number of hydrogen-bond donors (Lipinski definition) is 0. The number of hydrogen-bond acceptors (Lipinski definition) is 2. The topological polar surface area (TPSA) is 35.4 Å². The second kappa shape index (κ2) is 4.41. The minimum Gasteiger partial charge on any atom is -0.874 e. The van der Waals surface area contributed by atoms with E-state index >= 15 is 0 Å². The number of aliphatic imine (C=N–C) groups is 1. The molecule has 0 amide bonds. The van der Waals surface area contributed by atoms with Crippen molar-refractivity contribution in [2.24, 2.45) is 4.99 Å². The second-order valence-corrected chi connectivity index (χ2v) is 1.58. The van der Waals surface area contributed by atoms with Gasteiger partial charge < -0.3 is 5.11 Å². The van der Waals surface area contributed by atoms with E-state index in [2.05, 4.69) is 4.99 Å². The third-order valence-electron chi connectivity index (χ3n) is 0.914. The molecule has 0 aromatic carbocycles. The molecule has 0 saturated heterocycles. The zero-order valence-electron chi connectivity index (χ0n) is 5.59. The van der Waals surface area contributed by atoms with Gasteiger partial charge in [0.05, 0.1) is 5.70 Å². The van der Waals surface area contributed by atoms with Gasteiger partial charge in [0.25, 0.3) is 0 Å². The van der Waals surface area contributed by atoms with Crippen LogP contribution in [-0.4, -0.2) is 6.21 Å². The van der Waals surface area contributed by atoms with Crippen molar-refractivity contribution in [1.29, 1.82) is 0 Å². The fourth-order valence-electron chi connectivity index (χ4n) is 0.509. The fourth-order valence-corrected chi connectivity index (χ4v) is 0.509. The molecule has 0 aromatic rings. The van der Waals surface area contributed by atoms with E-state index in [0.29, 0.717) is 5.70 Å². The normalized spacial score (nSPS) is 19.7. The second-order valence-electron chi connectivity index (χ2n) is 1.58. The summed E-state index contributed by atoms with van der Waals surface area (Å²) in [6.45, 7) is 1.50. The van der Waals surface area contributed by atoms with Crippen molar-refractivity contribution in [3.05, 3.63) is 23.6 Å². The van der Waals surface area contributed by atoms with Crippen molar-refractivity contribution >= 4 is 6.21 Å². The standard InChI is InChI=1S/C6H7NO.K/c1-5(8)6-3-2-4-7-6;/h2-4,8H,1H3;/q;+1/p-1. The van der Waals surface area contributed by atoms with Gasteiger partial charge in [-0.05, 0) is 12.2 Å². The summed E-state index contributed by atoms with van der Waals surface area (Å²) in [5, 5.41) is 10.4. The Kier molecular flexibility index (Phi) is 4.70. The van der Waals surface area contributed by atoms with E-state index in [0.717, 1.165) is 0 Å². The van der Waals surface area contributed by atoms with Crippen molar-refractivity contribution in [2.45, 2.75) is 6.92 Å². The summed E-state index contributed by atoms with van der Waals surface area (Å²) in [5.74, 6) is 0.0231. The molecule has 0 aromatic heterocycles. The van der Waals surface area contributed by atoms with Gasteiger partial charge in [-0.1, -0.05) is 6.92 Å². The zero-order valence-corrected chi connectivity index (χ0v) is 8.71. The molecule has 0 radical (unpaired) electrons. The first-order valence-electron chi connectivity index (χ1n) is 2.39. The number of nitrogens with zero attached hydrogens (tertiary/aromatic N) is 1. The van der Waals surface area contributed by atoms with Gasteiger partial charge in [-0.2, -0.15) is 0 Å². The zero-order chi connectivity index (χ0) is 5.98. The molecule has 42 valence electrons. The molecule has 3 heteroatoms. The molecule has 2 nitrogen and oxygen atoms in total. The van der Waals surface area contributed by atoms with E-state index < -0.39 is 0 Å². The molecule has 0 saturated carbocycles. The number of allylic oxidation sites excluding steroid dienone is 3. The maximum absolute atomic E-state index is 10.4. The molecule has 0 bridgehead atoms. The van der Waals surface area contributed by atoms with E-state index in [4.69, 9.17) is 0 Å². The summed E-state index contributed by atoms with van der Waals surface area (Å²) in [7, 11) is 0. The summed E-state index contributed by atoms with van der Waals surface area (Å²) in [4.78, 5) is 3.77. The Morgan fingerprint density at radius 1 is 1.67 bits per heavy atom. The minimum atomic E-state index is 0. The third kappa shape index (κ3) is 2.77. The van der Waals surface area contributed by atoms with Gasteiger partial charge >= 0.3 is 51.4 Å². The van der Waals surface area contributed by atoms with E-state index in [9.17, 15) is 5.11 Å².